The van der Waals surface area contributed by atoms with Gasteiger partial charge in [-0.25, -0.2) is 4.98 Å². The second-order valence-electron chi connectivity index (χ2n) is 3.92. The largest absolute Gasteiger partial charge is 0.495 e. The van der Waals surface area contributed by atoms with Crippen molar-refractivity contribution in [3.05, 3.63) is 30.4 Å². The molecule has 0 aliphatic carbocycles. The number of hydrogen-bond acceptors (Lipinski definition) is 5. The van der Waals surface area contributed by atoms with E-state index in [1.54, 1.807) is 7.11 Å². The molecular weight excluding hydrogens is 230 g/mol. The Balaban J connectivity index is 1.79. The summed E-state index contributed by atoms with van der Waals surface area (Å²) in [6, 6.07) is 5.66. The molecule has 0 saturated heterocycles. The number of nitrogens with one attached hydrogen (secondary N) is 2. The maximum atomic E-state index is 5.75. The van der Waals surface area contributed by atoms with Gasteiger partial charge in [-0.1, -0.05) is 0 Å². The topological polar surface area (TPSA) is 88.8 Å². The third-order valence-electron chi connectivity index (χ3n) is 2.62. The number of aromatic nitrogens is 3. The van der Waals surface area contributed by atoms with Crippen LogP contribution < -0.4 is 15.8 Å². The number of anilines is 2. The molecule has 4 N–H and O–H groups in total. The lowest BCUT2D eigenvalue weighted by Crippen LogP contribution is -2.04. The molecule has 2 rings (SSSR count). The van der Waals surface area contributed by atoms with E-state index in [0.29, 0.717) is 11.4 Å². The lowest BCUT2D eigenvalue weighted by atomic mass is 10.2. The van der Waals surface area contributed by atoms with Gasteiger partial charge in [-0.2, -0.15) is 5.10 Å². The quantitative estimate of drug-likeness (QED) is 0.531. The van der Waals surface area contributed by atoms with Crippen molar-refractivity contribution in [1.82, 2.24) is 15.2 Å². The van der Waals surface area contributed by atoms with Crippen molar-refractivity contribution in [2.24, 2.45) is 0 Å². The Labute approximate surface area is 106 Å². The van der Waals surface area contributed by atoms with Crippen LogP contribution in [0.3, 0.4) is 0 Å². The van der Waals surface area contributed by atoms with E-state index in [2.05, 4.69) is 20.5 Å². The van der Waals surface area contributed by atoms with E-state index in [-0.39, 0.29) is 0 Å². The first-order valence-corrected chi connectivity index (χ1v) is 5.81. The third kappa shape index (κ3) is 3.13. The number of rotatable bonds is 6. The second-order valence-corrected chi connectivity index (χ2v) is 3.92. The van der Waals surface area contributed by atoms with Crippen LogP contribution in [0, 0.1) is 0 Å². The first-order chi connectivity index (χ1) is 8.79. The summed E-state index contributed by atoms with van der Waals surface area (Å²) in [6.07, 6.45) is 3.37. The smallest absolute Gasteiger partial charge is 0.143 e. The summed E-state index contributed by atoms with van der Waals surface area (Å²) < 4.78 is 5.16. The first kappa shape index (κ1) is 12.2. The standard InChI is InChI=1S/C12H17N5O/c1-18-11-7-9(4-5-10(11)13)14-6-2-3-12-15-8-16-17-12/h4-5,7-8,14H,2-3,6,13H2,1H3,(H,15,16,17). The van der Waals surface area contributed by atoms with Crippen molar-refractivity contribution in [2.75, 3.05) is 24.7 Å². The Morgan fingerprint density at radius 1 is 1.44 bits per heavy atom. The zero-order chi connectivity index (χ0) is 12.8. The minimum atomic E-state index is 0.643. The van der Waals surface area contributed by atoms with Gasteiger partial charge in [-0.3, -0.25) is 5.10 Å². The summed E-state index contributed by atoms with van der Waals surface area (Å²) in [6.45, 7) is 0.855. The highest BCUT2D eigenvalue weighted by atomic mass is 16.5. The SMILES string of the molecule is COc1cc(NCCCc2ncn[nH]2)ccc1N. The molecule has 96 valence electrons. The van der Waals surface area contributed by atoms with Crippen LogP contribution >= 0.6 is 0 Å². The van der Waals surface area contributed by atoms with Gasteiger partial charge in [0, 0.05) is 24.7 Å². The monoisotopic (exact) mass is 247 g/mol. The molecule has 6 nitrogen and oxygen atoms in total. The number of hydrogen-bond donors (Lipinski definition) is 3. The lowest BCUT2D eigenvalue weighted by Gasteiger charge is -2.09. The molecule has 0 aliphatic heterocycles. The summed E-state index contributed by atoms with van der Waals surface area (Å²) >= 11 is 0. The van der Waals surface area contributed by atoms with Gasteiger partial charge in [0.1, 0.15) is 17.9 Å². The molecule has 0 spiro atoms. The molecule has 0 aliphatic rings. The van der Waals surface area contributed by atoms with E-state index < -0.39 is 0 Å². The van der Waals surface area contributed by atoms with Gasteiger partial charge in [0.2, 0.25) is 0 Å². The fourth-order valence-electron chi connectivity index (χ4n) is 1.66. The molecule has 0 bridgehead atoms. The highest BCUT2D eigenvalue weighted by molar-refractivity contribution is 5.61. The fraction of sp³-hybridized carbons (Fsp3) is 0.333. The molecule has 0 saturated carbocycles. The molecule has 1 heterocycles. The van der Waals surface area contributed by atoms with Crippen molar-refractivity contribution in [3.63, 3.8) is 0 Å². The van der Waals surface area contributed by atoms with Crippen LogP contribution in [0.25, 0.3) is 0 Å². The Bertz CT molecular complexity index is 483. The third-order valence-corrected chi connectivity index (χ3v) is 2.62. The fourth-order valence-corrected chi connectivity index (χ4v) is 1.66. The molecule has 0 radical (unpaired) electrons. The van der Waals surface area contributed by atoms with E-state index >= 15 is 0 Å². The van der Waals surface area contributed by atoms with Crippen LogP contribution in [0.15, 0.2) is 24.5 Å². The van der Waals surface area contributed by atoms with Gasteiger partial charge < -0.3 is 15.8 Å². The molecule has 1 aromatic heterocycles. The average Bonchev–Trinajstić information content (AvgIpc) is 2.89. The molecule has 0 amide bonds. The van der Waals surface area contributed by atoms with Crippen LogP contribution in [0.1, 0.15) is 12.2 Å². The van der Waals surface area contributed by atoms with Crippen molar-refractivity contribution >= 4 is 11.4 Å². The zero-order valence-electron chi connectivity index (χ0n) is 10.3. The van der Waals surface area contributed by atoms with Gasteiger partial charge in [-0.15, -0.1) is 0 Å². The van der Waals surface area contributed by atoms with E-state index in [1.807, 2.05) is 18.2 Å². The summed E-state index contributed by atoms with van der Waals surface area (Å²) in [5, 5.41) is 9.95. The normalized spacial score (nSPS) is 10.3. The number of aromatic amines is 1. The highest BCUT2D eigenvalue weighted by Crippen LogP contribution is 2.24. The number of aryl methyl sites for hydroxylation is 1. The Morgan fingerprint density at radius 2 is 2.33 bits per heavy atom. The second kappa shape index (κ2) is 5.90. The summed E-state index contributed by atoms with van der Waals surface area (Å²) in [7, 11) is 1.61. The van der Waals surface area contributed by atoms with Crippen LogP contribution in [-0.4, -0.2) is 28.8 Å². The number of methoxy groups -OCH3 is 1. The Hall–Kier alpha value is -2.24. The molecule has 1 aromatic carbocycles. The molecule has 0 fully saturated rings. The molecule has 0 atom stereocenters. The van der Waals surface area contributed by atoms with Crippen molar-refractivity contribution in [3.8, 4) is 5.75 Å². The van der Waals surface area contributed by atoms with Crippen LogP contribution in [-0.2, 0) is 6.42 Å². The minimum absolute atomic E-state index is 0.643. The number of H-pyrrole nitrogens is 1. The molecule has 2 aromatic rings. The van der Waals surface area contributed by atoms with Crippen molar-refractivity contribution in [2.45, 2.75) is 12.8 Å². The average molecular weight is 247 g/mol. The van der Waals surface area contributed by atoms with Crippen molar-refractivity contribution in [1.29, 1.82) is 0 Å². The predicted octanol–water partition coefficient (Wildman–Crippen LogP) is 1.44. The Morgan fingerprint density at radius 3 is 3.06 bits per heavy atom. The van der Waals surface area contributed by atoms with Crippen LogP contribution in [0.4, 0.5) is 11.4 Å². The first-order valence-electron chi connectivity index (χ1n) is 5.81. The summed E-state index contributed by atoms with van der Waals surface area (Å²) in [5.74, 6) is 1.60. The number of ether oxygens (including phenoxy) is 1. The Kier molecular flexibility index (Phi) is 4.01. The maximum Gasteiger partial charge on any atom is 0.143 e. The van der Waals surface area contributed by atoms with E-state index in [1.165, 1.54) is 6.33 Å². The van der Waals surface area contributed by atoms with Gasteiger partial charge in [0.05, 0.1) is 12.8 Å². The highest BCUT2D eigenvalue weighted by Gasteiger charge is 2.01. The van der Waals surface area contributed by atoms with Crippen molar-refractivity contribution < 1.29 is 4.74 Å². The van der Waals surface area contributed by atoms with Gasteiger partial charge in [0.25, 0.3) is 0 Å². The number of nitrogens with two attached hydrogens (primary N) is 1. The summed E-state index contributed by atoms with van der Waals surface area (Å²) in [4.78, 5) is 4.07. The summed E-state index contributed by atoms with van der Waals surface area (Å²) in [5.41, 5.74) is 7.39. The van der Waals surface area contributed by atoms with Gasteiger partial charge >= 0.3 is 0 Å². The molecule has 0 unspecified atom stereocenters. The zero-order valence-corrected chi connectivity index (χ0v) is 10.3. The number of nitrogens with zero attached hydrogens (tertiary/aromatic N) is 2. The van der Waals surface area contributed by atoms with E-state index in [0.717, 1.165) is 30.9 Å². The lowest BCUT2D eigenvalue weighted by molar-refractivity contribution is 0.417. The molecule has 18 heavy (non-hydrogen) atoms. The molecule has 6 heteroatoms. The number of nitrogen functional groups attached to an aromatic ring is 1. The maximum absolute atomic E-state index is 5.75. The number of benzene rings is 1. The van der Waals surface area contributed by atoms with Gasteiger partial charge in [0.15, 0.2) is 0 Å². The minimum Gasteiger partial charge on any atom is -0.495 e. The molecular formula is C12H17N5O. The van der Waals surface area contributed by atoms with E-state index in [4.69, 9.17) is 10.5 Å². The predicted molar refractivity (Wildman–Crippen MR) is 70.6 cm³/mol. The van der Waals surface area contributed by atoms with Crippen LogP contribution in [0.2, 0.25) is 0 Å². The van der Waals surface area contributed by atoms with E-state index in [9.17, 15) is 0 Å². The van der Waals surface area contributed by atoms with Gasteiger partial charge in [-0.05, 0) is 18.6 Å². The van der Waals surface area contributed by atoms with Crippen LogP contribution in [0.5, 0.6) is 5.75 Å².